The topological polar surface area (TPSA) is 67.6 Å². The predicted molar refractivity (Wildman–Crippen MR) is 73.2 cm³/mol. The van der Waals surface area contributed by atoms with Gasteiger partial charge in [0.1, 0.15) is 5.82 Å². The molecule has 2 aromatic heterocycles. The Bertz CT molecular complexity index is 728. The van der Waals surface area contributed by atoms with Crippen molar-refractivity contribution in [3.8, 4) is 11.3 Å². The van der Waals surface area contributed by atoms with Gasteiger partial charge in [0.05, 0.1) is 5.69 Å². The lowest BCUT2D eigenvalue weighted by molar-refractivity contribution is 1.03. The van der Waals surface area contributed by atoms with Gasteiger partial charge in [0.25, 0.3) is 0 Å². The second kappa shape index (κ2) is 3.84. The molecule has 0 radical (unpaired) electrons. The van der Waals surface area contributed by atoms with Crippen LogP contribution in [0.3, 0.4) is 0 Å². The molecule has 18 heavy (non-hydrogen) atoms. The number of aromatic amines is 1. The molecule has 3 rings (SSSR count). The molecule has 4 heteroatoms. The number of hydrogen-bond acceptors (Lipinski definition) is 3. The molecule has 0 spiro atoms. The Hall–Kier alpha value is -2.36. The molecule has 0 amide bonds. The Morgan fingerprint density at radius 3 is 2.67 bits per heavy atom. The zero-order chi connectivity index (χ0) is 12.7. The molecule has 3 N–H and O–H groups in total. The van der Waals surface area contributed by atoms with Gasteiger partial charge in [0, 0.05) is 16.8 Å². The van der Waals surface area contributed by atoms with E-state index < -0.39 is 0 Å². The molecule has 0 saturated heterocycles. The normalized spacial score (nSPS) is 11.0. The Balaban J connectivity index is 2.18. The van der Waals surface area contributed by atoms with Gasteiger partial charge in [-0.1, -0.05) is 12.1 Å². The Morgan fingerprint density at radius 2 is 1.89 bits per heavy atom. The van der Waals surface area contributed by atoms with Gasteiger partial charge in [0.2, 0.25) is 0 Å². The minimum atomic E-state index is 0.452. The maximum absolute atomic E-state index is 5.62. The second-order valence-electron chi connectivity index (χ2n) is 4.56. The lowest BCUT2D eigenvalue weighted by Crippen LogP contribution is -1.97. The number of nitrogens with two attached hydrogens (primary N) is 1. The van der Waals surface area contributed by atoms with Gasteiger partial charge in [0.15, 0.2) is 0 Å². The average molecular weight is 238 g/mol. The number of nitrogens with zero attached hydrogens (tertiary/aromatic N) is 2. The van der Waals surface area contributed by atoms with Crippen LogP contribution >= 0.6 is 0 Å². The maximum Gasteiger partial charge on any atom is 0.146 e. The second-order valence-corrected chi connectivity index (χ2v) is 4.56. The van der Waals surface area contributed by atoms with Crippen LogP contribution in [0.1, 0.15) is 11.3 Å². The minimum absolute atomic E-state index is 0.452. The van der Waals surface area contributed by atoms with E-state index in [1.54, 1.807) is 0 Å². The maximum atomic E-state index is 5.62. The number of aryl methyl sites for hydroxylation is 2. The molecule has 4 nitrogen and oxygen atoms in total. The van der Waals surface area contributed by atoms with Gasteiger partial charge >= 0.3 is 0 Å². The van der Waals surface area contributed by atoms with Crippen molar-refractivity contribution in [1.82, 2.24) is 15.2 Å². The van der Waals surface area contributed by atoms with Crippen LogP contribution < -0.4 is 5.73 Å². The van der Waals surface area contributed by atoms with Crippen LogP contribution in [0.5, 0.6) is 0 Å². The third kappa shape index (κ3) is 1.72. The highest BCUT2D eigenvalue weighted by Gasteiger charge is 2.07. The van der Waals surface area contributed by atoms with Gasteiger partial charge in [-0.2, -0.15) is 0 Å². The molecule has 2 heterocycles. The first-order valence-corrected chi connectivity index (χ1v) is 5.83. The summed E-state index contributed by atoms with van der Waals surface area (Å²) in [7, 11) is 0. The molecule has 0 aliphatic heterocycles. The summed E-state index contributed by atoms with van der Waals surface area (Å²) in [4.78, 5) is 3.33. The van der Waals surface area contributed by atoms with E-state index in [9.17, 15) is 0 Å². The van der Waals surface area contributed by atoms with Crippen molar-refractivity contribution >= 4 is 16.7 Å². The number of fused-ring (bicyclic) bond motifs is 1. The predicted octanol–water partition coefficient (Wildman–Crippen LogP) is 2.82. The van der Waals surface area contributed by atoms with Crippen LogP contribution in [0, 0.1) is 13.8 Å². The van der Waals surface area contributed by atoms with Gasteiger partial charge in [-0.05, 0) is 43.0 Å². The van der Waals surface area contributed by atoms with E-state index in [1.807, 2.05) is 19.9 Å². The van der Waals surface area contributed by atoms with Crippen molar-refractivity contribution in [1.29, 1.82) is 0 Å². The fourth-order valence-corrected chi connectivity index (χ4v) is 2.21. The Kier molecular flexibility index (Phi) is 2.30. The van der Waals surface area contributed by atoms with E-state index >= 15 is 0 Å². The van der Waals surface area contributed by atoms with E-state index in [1.165, 1.54) is 5.39 Å². The van der Waals surface area contributed by atoms with Crippen molar-refractivity contribution in [3.63, 3.8) is 0 Å². The van der Waals surface area contributed by atoms with Gasteiger partial charge in [-0.15, -0.1) is 10.2 Å². The van der Waals surface area contributed by atoms with Crippen molar-refractivity contribution < 1.29 is 0 Å². The number of rotatable bonds is 1. The summed E-state index contributed by atoms with van der Waals surface area (Å²) in [5.74, 6) is 0.452. The first kappa shape index (κ1) is 10.8. The molecule has 0 atom stereocenters. The van der Waals surface area contributed by atoms with E-state index in [2.05, 4.69) is 39.4 Å². The summed E-state index contributed by atoms with van der Waals surface area (Å²) in [5, 5.41) is 9.30. The smallest absolute Gasteiger partial charge is 0.146 e. The van der Waals surface area contributed by atoms with Crippen LogP contribution in [0.2, 0.25) is 0 Å². The highest BCUT2D eigenvalue weighted by atomic mass is 15.1. The minimum Gasteiger partial charge on any atom is -0.382 e. The number of H-pyrrole nitrogens is 1. The third-order valence-corrected chi connectivity index (χ3v) is 3.03. The van der Waals surface area contributed by atoms with Crippen LogP contribution in [0.15, 0.2) is 30.3 Å². The van der Waals surface area contributed by atoms with Crippen molar-refractivity contribution in [2.75, 3.05) is 5.73 Å². The van der Waals surface area contributed by atoms with Gasteiger partial charge in [-0.25, -0.2) is 0 Å². The Morgan fingerprint density at radius 1 is 1.06 bits per heavy atom. The number of hydrogen-bond donors (Lipinski definition) is 2. The molecule has 0 fully saturated rings. The monoisotopic (exact) mass is 238 g/mol. The first-order chi connectivity index (χ1) is 8.63. The fraction of sp³-hybridized carbons (Fsp3) is 0.143. The SMILES string of the molecule is Cc1cc2ccc(-c3nnc(N)cc3C)cc2[nH]1. The number of nitrogens with one attached hydrogen (secondary N) is 1. The number of benzene rings is 1. The zero-order valence-corrected chi connectivity index (χ0v) is 10.4. The fourth-order valence-electron chi connectivity index (χ4n) is 2.21. The highest BCUT2D eigenvalue weighted by Crippen LogP contribution is 2.25. The molecule has 0 saturated carbocycles. The molecule has 0 bridgehead atoms. The molecule has 0 aliphatic rings. The van der Waals surface area contributed by atoms with Crippen LogP contribution in [0.25, 0.3) is 22.2 Å². The van der Waals surface area contributed by atoms with Crippen LogP contribution in [-0.4, -0.2) is 15.2 Å². The molecular weight excluding hydrogens is 224 g/mol. The Labute approximate surface area is 105 Å². The van der Waals surface area contributed by atoms with Gasteiger partial charge < -0.3 is 10.7 Å². The average Bonchev–Trinajstić information content (AvgIpc) is 2.68. The van der Waals surface area contributed by atoms with Crippen molar-refractivity contribution in [2.45, 2.75) is 13.8 Å². The van der Waals surface area contributed by atoms with Crippen molar-refractivity contribution in [2.24, 2.45) is 0 Å². The zero-order valence-electron chi connectivity index (χ0n) is 10.4. The van der Waals surface area contributed by atoms with Crippen LogP contribution in [-0.2, 0) is 0 Å². The largest absolute Gasteiger partial charge is 0.382 e. The van der Waals surface area contributed by atoms with Crippen molar-refractivity contribution in [3.05, 3.63) is 41.6 Å². The molecule has 90 valence electrons. The molecule has 3 aromatic rings. The number of aromatic nitrogens is 3. The lowest BCUT2D eigenvalue weighted by atomic mass is 10.1. The molecule has 0 aliphatic carbocycles. The van der Waals surface area contributed by atoms with E-state index in [4.69, 9.17) is 5.73 Å². The first-order valence-electron chi connectivity index (χ1n) is 5.83. The van der Waals surface area contributed by atoms with Gasteiger partial charge in [-0.3, -0.25) is 0 Å². The lowest BCUT2D eigenvalue weighted by Gasteiger charge is -2.04. The molecular formula is C14H14N4. The van der Waals surface area contributed by atoms with Crippen LogP contribution in [0.4, 0.5) is 5.82 Å². The summed E-state index contributed by atoms with van der Waals surface area (Å²) in [6.07, 6.45) is 0. The summed E-state index contributed by atoms with van der Waals surface area (Å²) in [6, 6.07) is 10.2. The van der Waals surface area contributed by atoms with E-state index in [0.29, 0.717) is 5.82 Å². The summed E-state index contributed by atoms with van der Waals surface area (Å²) in [5.41, 5.74) is 10.8. The number of nitrogen functional groups attached to an aromatic ring is 1. The quantitative estimate of drug-likeness (QED) is 0.685. The summed E-state index contributed by atoms with van der Waals surface area (Å²) in [6.45, 7) is 4.04. The van der Waals surface area contributed by atoms with E-state index in [-0.39, 0.29) is 0 Å². The summed E-state index contributed by atoms with van der Waals surface area (Å²) < 4.78 is 0. The molecule has 1 aromatic carbocycles. The third-order valence-electron chi connectivity index (χ3n) is 3.03. The summed E-state index contributed by atoms with van der Waals surface area (Å²) >= 11 is 0. The van der Waals surface area contributed by atoms with E-state index in [0.717, 1.165) is 28.0 Å². The highest BCUT2D eigenvalue weighted by molar-refractivity contribution is 5.85. The number of anilines is 1. The molecule has 0 unspecified atom stereocenters. The standard InChI is InChI=1S/C14H14N4/c1-8-5-13(15)17-18-14(8)11-4-3-10-6-9(2)16-12(10)7-11/h3-7,16H,1-2H3,(H2,15,17).